The highest BCUT2D eigenvalue weighted by Crippen LogP contribution is 2.35. The van der Waals surface area contributed by atoms with E-state index in [1.165, 1.54) is 5.69 Å². The third-order valence-electron chi connectivity index (χ3n) is 3.87. The molecule has 1 aliphatic rings. The van der Waals surface area contributed by atoms with E-state index in [1.54, 1.807) is 0 Å². The highest BCUT2D eigenvalue weighted by atomic mass is 15.3. The molecule has 0 aliphatic heterocycles. The molecule has 4 nitrogen and oxygen atoms in total. The lowest BCUT2D eigenvalue weighted by atomic mass is 9.87. The molecule has 1 saturated carbocycles. The Bertz CT molecular complexity index is 443. The maximum atomic E-state index is 9.15. The molecule has 1 heterocycles. The Morgan fingerprint density at radius 1 is 1.65 bits per heavy atom. The van der Waals surface area contributed by atoms with E-state index >= 15 is 0 Å². The van der Waals surface area contributed by atoms with Crippen LogP contribution < -0.4 is 5.73 Å². The zero-order chi connectivity index (χ0) is 12.5. The zero-order valence-corrected chi connectivity index (χ0v) is 10.6. The van der Waals surface area contributed by atoms with E-state index in [0.717, 1.165) is 37.9 Å². The van der Waals surface area contributed by atoms with Gasteiger partial charge in [0.1, 0.15) is 5.54 Å². The van der Waals surface area contributed by atoms with Crippen molar-refractivity contribution in [3.05, 3.63) is 17.5 Å². The van der Waals surface area contributed by atoms with E-state index in [0.29, 0.717) is 5.92 Å². The number of nitriles is 1. The van der Waals surface area contributed by atoms with Gasteiger partial charge in [0, 0.05) is 12.2 Å². The van der Waals surface area contributed by atoms with Crippen LogP contribution in [0.5, 0.6) is 0 Å². The van der Waals surface area contributed by atoms with Crippen LogP contribution in [0.25, 0.3) is 0 Å². The van der Waals surface area contributed by atoms with Crippen LogP contribution in [-0.2, 0) is 6.54 Å². The van der Waals surface area contributed by atoms with Gasteiger partial charge < -0.3 is 5.73 Å². The second-order valence-electron chi connectivity index (χ2n) is 5.18. The number of rotatable bonds is 3. The Hall–Kier alpha value is -1.34. The lowest BCUT2D eigenvalue weighted by Gasteiger charge is -2.23. The quantitative estimate of drug-likeness (QED) is 0.865. The maximum Gasteiger partial charge on any atom is 0.107 e. The van der Waals surface area contributed by atoms with Crippen molar-refractivity contribution in [2.45, 2.75) is 51.6 Å². The standard InChI is InChI=1S/C13H20N4/c1-10-8-11(2)17(16-10)7-5-12-4-3-6-13(12,15)9-14/h8,12H,3-7,15H2,1-2H3. The smallest absolute Gasteiger partial charge is 0.107 e. The van der Waals surface area contributed by atoms with Crippen molar-refractivity contribution < 1.29 is 0 Å². The van der Waals surface area contributed by atoms with Crippen LogP contribution in [-0.4, -0.2) is 15.3 Å². The fraction of sp³-hybridized carbons (Fsp3) is 0.692. The van der Waals surface area contributed by atoms with E-state index in [9.17, 15) is 0 Å². The number of aromatic nitrogens is 2. The first-order valence-corrected chi connectivity index (χ1v) is 6.26. The molecule has 0 amide bonds. The Labute approximate surface area is 102 Å². The molecule has 17 heavy (non-hydrogen) atoms. The summed E-state index contributed by atoms with van der Waals surface area (Å²) >= 11 is 0. The van der Waals surface area contributed by atoms with Gasteiger partial charge in [-0.2, -0.15) is 10.4 Å². The lowest BCUT2D eigenvalue weighted by molar-refractivity contribution is 0.344. The molecule has 0 saturated heterocycles. The molecule has 1 aliphatic carbocycles. The van der Waals surface area contributed by atoms with Crippen LogP contribution in [0.1, 0.15) is 37.1 Å². The summed E-state index contributed by atoms with van der Waals surface area (Å²) in [6.07, 6.45) is 3.94. The number of aryl methyl sites for hydroxylation is 3. The largest absolute Gasteiger partial charge is 0.313 e. The molecular formula is C13H20N4. The summed E-state index contributed by atoms with van der Waals surface area (Å²) in [6, 6.07) is 4.37. The topological polar surface area (TPSA) is 67.6 Å². The van der Waals surface area contributed by atoms with Gasteiger partial charge in [0.15, 0.2) is 0 Å². The molecule has 0 spiro atoms. The first-order valence-electron chi connectivity index (χ1n) is 6.26. The lowest BCUT2D eigenvalue weighted by Crippen LogP contribution is -2.42. The van der Waals surface area contributed by atoms with E-state index in [-0.39, 0.29) is 0 Å². The summed E-state index contributed by atoms with van der Waals surface area (Å²) in [6.45, 7) is 4.93. The molecule has 4 heteroatoms. The molecule has 2 N–H and O–H groups in total. The summed E-state index contributed by atoms with van der Waals surface area (Å²) in [5.41, 5.74) is 7.75. The molecule has 0 radical (unpaired) electrons. The SMILES string of the molecule is Cc1cc(C)n(CCC2CCCC2(N)C#N)n1. The summed E-state index contributed by atoms with van der Waals surface area (Å²) < 4.78 is 2.02. The van der Waals surface area contributed by atoms with Gasteiger partial charge in [-0.25, -0.2) is 0 Å². The Kier molecular flexibility index (Phi) is 3.21. The maximum absolute atomic E-state index is 9.15. The number of nitrogens with two attached hydrogens (primary N) is 1. The van der Waals surface area contributed by atoms with Crippen molar-refractivity contribution in [1.82, 2.24) is 9.78 Å². The van der Waals surface area contributed by atoms with Crippen LogP contribution in [0.4, 0.5) is 0 Å². The summed E-state index contributed by atoms with van der Waals surface area (Å²) in [5.74, 6) is 0.316. The molecule has 0 bridgehead atoms. The van der Waals surface area contributed by atoms with Crippen molar-refractivity contribution >= 4 is 0 Å². The van der Waals surface area contributed by atoms with Crippen molar-refractivity contribution in [3.8, 4) is 6.07 Å². The molecule has 0 aromatic carbocycles. The van der Waals surface area contributed by atoms with Gasteiger partial charge in [-0.15, -0.1) is 0 Å². The Morgan fingerprint density at radius 2 is 2.41 bits per heavy atom. The van der Waals surface area contributed by atoms with E-state index in [1.807, 2.05) is 11.6 Å². The summed E-state index contributed by atoms with van der Waals surface area (Å²) in [7, 11) is 0. The van der Waals surface area contributed by atoms with E-state index in [2.05, 4.69) is 24.2 Å². The first kappa shape index (κ1) is 12.1. The van der Waals surface area contributed by atoms with Crippen molar-refractivity contribution in [2.24, 2.45) is 11.7 Å². The van der Waals surface area contributed by atoms with Crippen LogP contribution in [0.3, 0.4) is 0 Å². The van der Waals surface area contributed by atoms with Gasteiger partial charge in [-0.1, -0.05) is 6.42 Å². The Balaban J connectivity index is 1.99. The molecule has 1 fully saturated rings. The monoisotopic (exact) mass is 232 g/mol. The highest BCUT2D eigenvalue weighted by Gasteiger charge is 2.39. The number of nitrogens with zero attached hydrogens (tertiary/aromatic N) is 3. The third kappa shape index (κ3) is 2.34. The second kappa shape index (κ2) is 4.50. The fourth-order valence-electron chi connectivity index (χ4n) is 2.83. The minimum Gasteiger partial charge on any atom is -0.313 e. The van der Waals surface area contributed by atoms with Crippen LogP contribution in [0.15, 0.2) is 6.07 Å². The zero-order valence-electron chi connectivity index (χ0n) is 10.6. The van der Waals surface area contributed by atoms with Crippen molar-refractivity contribution in [1.29, 1.82) is 5.26 Å². The average molecular weight is 232 g/mol. The van der Waals surface area contributed by atoms with Gasteiger partial charge >= 0.3 is 0 Å². The molecular weight excluding hydrogens is 212 g/mol. The molecule has 1 aromatic rings. The Morgan fingerprint density at radius 3 is 3.00 bits per heavy atom. The third-order valence-corrected chi connectivity index (χ3v) is 3.87. The molecule has 2 unspecified atom stereocenters. The predicted octanol–water partition coefficient (Wildman–Crippen LogP) is 1.91. The summed E-state index contributed by atoms with van der Waals surface area (Å²) in [4.78, 5) is 0. The minimum absolute atomic E-state index is 0.316. The fourth-order valence-corrected chi connectivity index (χ4v) is 2.83. The molecule has 1 aromatic heterocycles. The second-order valence-corrected chi connectivity index (χ2v) is 5.18. The van der Waals surface area contributed by atoms with Gasteiger partial charge in [-0.3, -0.25) is 4.68 Å². The van der Waals surface area contributed by atoms with Gasteiger partial charge in [0.05, 0.1) is 11.8 Å². The number of hydrogen-bond donors (Lipinski definition) is 1. The van der Waals surface area contributed by atoms with E-state index in [4.69, 9.17) is 11.0 Å². The van der Waals surface area contributed by atoms with Gasteiger partial charge in [0.25, 0.3) is 0 Å². The van der Waals surface area contributed by atoms with Gasteiger partial charge in [-0.05, 0) is 45.1 Å². The minimum atomic E-state index is -0.601. The first-order chi connectivity index (χ1) is 8.05. The molecule has 2 atom stereocenters. The van der Waals surface area contributed by atoms with E-state index < -0.39 is 5.54 Å². The van der Waals surface area contributed by atoms with Gasteiger partial charge in [0.2, 0.25) is 0 Å². The van der Waals surface area contributed by atoms with Crippen LogP contribution in [0.2, 0.25) is 0 Å². The number of hydrogen-bond acceptors (Lipinski definition) is 3. The van der Waals surface area contributed by atoms with Crippen molar-refractivity contribution in [3.63, 3.8) is 0 Å². The normalized spacial score (nSPS) is 28.2. The molecule has 92 valence electrons. The predicted molar refractivity (Wildman–Crippen MR) is 66.2 cm³/mol. The summed E-state index contributed by atoms with van der Waals surface area (Å²) in [5, 5.41) is 13.6. The van der Waals surface area contributed by atoms with Crippen LogP contribution in [0, 0.1) is 31.1 Å². The highest BCUT2D eigenvalue weighted by molar-refractivity contribution is 5.12. The van der Waals surface area contributed by atoms with Crippen molar-refractivity contribution in [2.75, 3.05) is 0 Å². The average Bonchev–Trinajstić information content (AvgIpc) is 2.80. The molecule has 2 rings (SSSR count). The van der Waals surface area contributed by atoms with Crippen LogP contribution >= 0.6 is 0 Å².